The lowest BCUT2D eigenvalue weighted by Crippen LogP contribution is -2.28. The second kappa shape index (κ2) is 7.05. The van der Waals surface area contributed by atoms with Crippen LogP contribution in [0.2, 0.25) is 0 Å². The number of carbonyl (C=O) groups is 1. The van der Waals surface area contributed by atoms with Crippen molar-refractivity contribution in [3.8, 4) is 0 Å². The van der Waals surface area contributed by atoms with Gasteiger partial charge in [0.1, 0.15) is 0 Å². The van der Waals surface area contributed by atoms with Gasteiger partial charge in [-0.1, -0.05) is 42.0 Å². The molecule has 0 aliphatic carbocycles. The van der Waals surface area contributed by atoms with Crippen LogP contribution in [0.4, 0.5) is 5.69 Å². The average molecular weight is 312 g/mol. The van der Waals surface area contributed by atoms with Gasteiger partial charge in [0, 0.05) is 11.6 Å². The molecule has 5 heteroatoms. The van der Waals surface area contributed by atoms with Crippen LogP contribution in [0.3, 0.4) is 0 Å². The van der Waals surface area contributed by atoms with E-state index in [1.165, 1.54) is 6.07 Å². The third-order valence-corrected chi connectivity index (χ3v) is 3.82. The lowest BCUT2D eigenvalue weighted by atomic mass is 9.99. The summed E-state index contributed by atoms with van der Waals surface area (Å²) >= 11 is 0. The van der Waals surface area contributed by atoms with Crippen molar-refractivity contribution in [2.75, 3.05) is 0 Å². The van der Waals surface area contributed by atoms with E-state index in [4.69, 9.17) is 0 Å². The van der Waals surface area contributed by atoms with Crippen LogP contribution in [-0.4, -0.2) is 10.8 Å². The summed E-state index contributed by atoms with van der Waals surface area (Å²) < 4.78 is 0. The number of aryl methyl sites for hydroxylation is 2. The molecule has 0 radical (unpaired) electrons. The third kappa shape index (κ3) is 4.16. The fourth-order valence-corrected chi connectivity index (χ4v) is 2.61. The molecule has 120 valence electrons. The van der Waals surface area contributed by atoms with Crippen molar-refractivity contribution in [3.05, 3.63) is 74.8 Å². The molecule has 0 bridgehead atoms. The van der Waals surface area contributed by atoms with Crippen LogP contribution in [0.5, 0.6) is 0 Å². The molecular formula is C18H20N2O3. The van der Waals surface area contributed by atoms with E-state index >= 15 is 0 Å². The van der Waals surface area contributed by atoms with Crippen LogP contribution in [-0.2, 0) is 11.2 Å². The van der Waals surface area contributed by atoms with E-state index in [2.05, 4.69) is 5.32 Å². The van der Waals surface area contributed by atoms with E-state index < -0.39 is 4.92 Å². The van der Waals surface area contributed by atoms with E-state index in [1.807, 2.05) is 39.0 Å². The highest BCUT2D eigenvalue weighted by Gasteiger charge is 2.17. The molecule has 0 unspecified atom stereocenters. The van der Waals surface area contributed by atoms with Gasteiger partial charge in [-0.15, -0.1) is 0 Å². The lowest BCUT2D eigenvalue weighted by Gasteiger charge is -2.17. The molecule has 0 aliphatic rings. The molecule has 0 saturated heterocycles. The first kappa shape index (κ1) is 16.7. The summed E-state index contributed by atoms with van der Waals surface area (Å²) in [5.74, 6) is -0.229. The van der Waals surface area contributed by atoms with Gasteiger partial charge in [-0.3, -0.25) is 14.9 Å². The van der Waals surface area contributed by atoms with Gasteiger partial charge in [0.15, 0.2) is 0 Å². The largest absolute Gasteiger partial charge is 0.349 e. The predicted octanol–water partition coefficient (Wildman–Crippen LogP) is 3.63. The fourth-order valence-electron chi connectivity index (χ4n) is 2.61. The molecule has 23 heavy (non-hydrogen) atoms. The number of hydrogen-bond acceptors (Lipinski definition) is 3. The van der Waals surface area contributed by atoms with Crippen LogP contribution >= 0.6 is 0 Å². The third-order valence-electron chi connectivity index (χ3n) is 3.82. The normalized spacial score (nSPS) is 11.8. The molecule has 1 N–H and O–H groups in total. The minimum Gasteiger partial charge on any atom is -0.349 e. The van der Waals surface area contributed by atoms with Crippen molar-refractivity contribution in [2.45, 2.75) is 33.2 Å². The SMILES string of the molecule is Cc1ccc(C)c([C@H](C)NC(=O)Cc2ccccc2[N+](=O)[O-])c1. The highest BCUT2D eigenvalue weighted by molar-refractivity contribution is 5.80. The molecule has 1 amide bonds. The molecule has 0 heterocycles. The minimum atomic E-state index is -0.462. The first-order valence-corrected chi connectivity index (χ1v) is 7.47. The summed E-state index contributed by atoms with van der Waals surface area (Å²) in [7, 11) is 0. The molecule has 1 atom stereocenters. The van der Waals surface area contributed by atoms with E-state index in [0.29, 0.717) is 5.56 Å². The summed E-state index contributed by atoms with van der Waals surface area (Å²) in [6.45, 7) is 5.92. The number of para-hydroxylation sites is 1. The summed E-state index contributed by atoms with van der Waals surface area (Å²) in [6.07, 6.45) is -0.00758. The Morgan fingerprint density at radius 2 is 1.91 bits per heavy atom. The average Bonchev–Trinajstić information content (AvgIpc) is 2.49. The highest BCUT2D eigenvalue weighted by atomic mass is 16.6. The van der Waals surface area contributed by atoms with Gasteiger partial charge >= 0.3 is 0 Å². The molecule has 0 aromatic heterocycles. The van der Waals surface area contributed by atoms with Crippen molar-refractivity contribution in [1.29, 1.82) is 0 Å². The van der Waals surface area contributed by atoms with Crippen LogP contribution in [0.1, 0.15) is 35.2 Å². The molecule has 0 spiro atoms. The zero-order valence-electron chi connectivity index (χ0n) is 13.5. The highest BCUT2D eigenvalue weighted by Crippen LogP contribution is 2.21. The molecule has 0 fully saturated rings. The molecule has 2 aromatic carbocycles. The van der Waals surface area contributed by atoms with Crippen molar-refractivity contribution in [3.63, 3.8) is 0 Å². The van der Waals surface area contributed by atoms with Gasteiger partial charge < -0.3 is 5.32 Å². The second-order valence-corrected chi connectivity index (χ2v) is 5.71. The molecule has 0 saturated carbocycles. The molecule has 5 nitrogen and oxygen atoms in total. The maximum Gasteiger partial charge on any atom is 0.273 e. The number of nitro groups is 1. The predicted molar refractivity (Wildman–Crippen MR) is 89.3 cm³/mol. The summed E-state index contributed by atoms with van der Waals surface area (Å²) in [6, 6.07) is 12.3. The summed E-state index contributed by atoms with van der Waals surface area (Å²) in [5.41, 5.74) is 3.69. The Morgan fingerprint density at radius 3 is 2.61 bits per heavy atom. The Kier molecular flexibility index (Phi) is 5.11. The maximum absolute atomic E-state index is 12.2. The van der Waals surface area contributed by atoms with Crippen LogP contribution in [0.15, 0.2) is 42.5 Å². The minimum absolute atomic E-state index is 0.00758. The standard InChI is InChI=1S/C18H20N2O3/c1-12-8-9-13(2)16(10-12)14(3)19-18(21)11-15-6-4-5-7-17(15)20(22)23/h4-10,14H,11H2,1-3H3,(H,19,21)/t14-/m0/s1. The van der Waals surface area contributed by atoms with E-state index in [9.17, 15) is 14.9 Å². The van der Waals surface area contributed by atoms with E-state index in [0.717, 1.165) is 16.7 Å². The first-order valence-electron chi connectivity index (χ1n) is 7.47. The maximum atomic E-state index is 12.2. The number of amides is 1. The van der Waals surface area contributed by atoms with Crippen molar-refractivity contribution in [1.82, 2.24) is 5.32 Å². The van der Waals surface area contributed by atoms with Gasteiger partial charge in [-0.05, 0) is 31.9 Å². The zero-order valence-corrected chi connectivity index (χ0v) is 13.5. The molecule has 0 aliphatic heterocycles. The molecule has 2 rings (SSSR count). The monoisotopic (exact) mass is 312 g/mol. The van der Waals surface area contributed by atoms with E-state index in [1.54, 1.807) is 18.2 Å². The van der Waals surface area contributed by atoms with Gasteiger partial charge in [-0.2, -0.15) is 0 Å². The summed E-state index contributed by atoms with van der Waals surface area (Å²) in [5, 5.41) is 13.9. The first-order chi connectivity index (χ1) is 10.9. The van der Waals surface area contributed by atoms with Gasteiger partial charge in [0.2, 0.25) is 5.91 Å². The number of nitrogens with zero attached hydrogens (tertiary/aromatic N) is 1. The number of carbonyl (C=O) groups excluding carboxylic acids is 1. The van der Waals surface area contributed by atoms with Gasteiger partial charge in [-0.25, -0.2) is 0 Å². The van der Waals surface area contributed by atoms with Crippen LogP contribution < -0.4 is 5.32 Å². The Balaban J connectivity index is 2.11. The second-order valence-electron chi connectivity index (χ2n) is 5.71. The number of hydrogen-bond donors (Lipinski definition) is 1. The smallest absolute Gasteiger partial charge is 0.273 e. The number of nitrogens with one attached hydrogen (secondary N) is 1. The summed E-state index contributed by atoms with van der Waals surface area (Å²) in [4.78, 5) is 22.8. The van der Waals surface area contributed by atoms with Gasteiger partial charge in [0.25, 0.3) is 5.69 Å². The molecular weight excluding hydrogens is 292 g/mol. The van der Waals surface area contributed by atoms with Crippen LogP contribution in [0.25, 0.3) is 0 Å². The van der Waals surface area contributed by atoms with Crippen LogP contribution in [0, 0.1) is 24.0 Å². The molecule has 2 aromatic rings. The Bertz CT molecular complexity index is 741. The fraction of sp³-hybridized carbons (Fsp3) is 0.278. The Labute approximate surface area is 135 Å². The Morgan fingerprint density at radius 1 is 1.22 bits per heavy atom. The lowest BCUT2D eigenvalue weighted by molar-refractivity contribution is -0.385. The van der Waals surface area contributed by atoms with Crippen molar-refractivity contribution >= 4 is 11.6 Å². The van der Waals surface area contributed by atoms with E-state index in [-0.39, 0.29) is 24.1 Å². The number of nitro benzene ring substituents is 1. The van der Waals surface area contributed by atoms with Crippen molar-refractivity contribution < 1.29 is 9.72 Å². The van der Waals surface area contributed by atoms with Gasteiger partial charge in [0.05, 0.1) is 17.4 Å². The Hall–Kier alpha value is -2.69. The van der Waals surface area contributed by atoms with Crippen molar-refractivity contribution in [2.24, 2.45) is 0 Å². The number of rotatable bonds is 5. The quantitative estimate of drug-likeness (QED) is 0.677. The topological polar surface area (TPSA) is 72.2 Å². The number of benzene rings is 2. The zero-order chi connectivity index (χ0) is 17.0.